The SMILES string of the molecule is C=C1c2c(-c3cnc4ccccc4c3)c3c(N)ncnc3n2C[C@H]1NC(=O)/C=C/CN(C)CC. The minimum absolute atomic E-state index is 0.145. The van der Waals surface area contributed by atoms with E-state index in [1.165, 1.54) is 6.33 Å². The quantitative estimate of drug-likeness (QED) is 0.435. The van der Waals surface area contributed by atoms with Gasteiger partial charge in [-0.05, 0) is 31.3 Å². The van der Waals surface area contributed by atoms with Crippen molar-refractivity contribution in [2.75, 3.05) is 25.9 Å². The average molecular weight is 454 g/mol. The van der Waals surface area contributed by atoms with Gasteiger partial charge in [0.2, 0.25) is 5.91 Å². The van der Waals surface area contributed by atoms with Crippen LogP contribution in [0.4, 0.5) is 5.82 Å². The van der Waals surface area contributed by atoms with E-state index in [1.807, 2.05) is 43.6 Å². The van der Waals surface area contributed by atoms with Crippen LogP contribution >= 0.6 is 0 Å². The lowest BCUT2D eigenvalue weighted by molar-refractivity contribution is -0.116. The van der Waals surface area contributed by atoms with Crippen LogP contribution in [0, 0.1) is 0 Å². The maximum atomic E-state index is 12.6. The van der Waals surface area contributed by atoms with Crippen LogP contribution in [0.15, 0.2) is 61.6 Å². The number of hydrogen-bond acceptors (Lipinski definition) is 6. The molecule has 0 aliphatic carbocycles. The van der Waals surface area contributed by atoms with Crippen molar-refractivity contribution in [3.8, 4) is 11.1 Å². The van der Waals surface area contributed by atoms with Crippen molar-refractivity contribution in [2.45, 2.75) is 19.5 Å². The molecule has 5 rings (SSSR count). The van der Waals surface area contributed by atoms with Crippen molar-refractivity contribution in [3.05, 3.63) is 67.3 Å². The highest BCUT2D eigenvalue weighted by molar-refractivity contribution is 6.08. The molecule has 0 saturated heterocycles. The lowest BCUT2D eigenvalue weighted by Gasteiger charge is -2.14. The molecule has 0 saturated carbocycles. The fourth-order valence-corrected chi connectivity index (χ4v) is 4.47. The number of hydrogen-bond donors (Lipinski definition) is 2. The van der Waals surface area contributed by atoms with E-state index in [-0.39, 0.29) is 11.9 Å². The fourth-order valence-electron chi connectivity index (χ4n) is 4.47. The second-order valence-corrected chi connectivity index (χ2v) is 8.55. The summed E-state index contributed by atoms with van der Waals surface area (Å²) in [5.74, 6) is 0.264. The number of fused-ring (bicyclic) bond motifs is 4. The van der Waals surface area contributed by atoms with Crippen molar-refractivity contribution in [1.29, 1.82) is 0 Å². The standard InChI is InChI=1S/C26H27N7O/c1-4-32(3)11-7-10-21(34)31-20-14-33-24(16(20)2)22(23-25(27)29-15-30-26(23)33)18-12-17-8-5-6-9-19(17)28-13-18/h5-10,12-13,15,20H,2,4,11,14H2,1,3H3,(H,31,34)(H2,27,29,30)/b10-7+/t20-/m1/s1. The first kappa shape index (κ1) is 21.8. The molecule has 4 aromatic rings. The molecular weight excluding hydrogens is 426 g/mol. The molecule has 0 unspecified atom stereocenters. The molecule has 1 amide bonds. The number of anilines is 1. The number of carbonyl (C=O) groups excluding carboxylic acids is 1. The number of nitrogens with two attached hydrogens (primary N) is 1. The zero-order valence-electron chi connectivity index (χ0n) is 19.3. The first-order valence-electron chi connectivity index (χ1n) is 11.3. The van der Waals surface area contributed by atoms with Crippen LogP contribution in [0.25, 0.3) is 38.6 Å². The Bertz CT molecular complexity index is 1450. The normalized spacial score (nSPS) is 15.6. The number of pyridine rings is 1. The fraction of sp³-hybridized carbons (Fsp3) is 0.231. The van der Waals surface area contributed by atoms with E-state index in [1.54, 1.807) is 6.08 Å². The van der Waals surface area contributed by atoms with Crippen molar-refractivity contribution < 1.29 is 4.79 Å². The number of rotatable bonds is 6. The van der Waals surface area contributed by atoms with Gasteiger partial charge >= 0.3 is 0 Å². The summed E-state index contributed by atoms with van der Waals surface area (Å²) in [6.45, 7) is 8.59. The lowest BCUT2D eigenvalue weighted by atomic mass is 9.98. The van der Waals surface area contributed by atoms with Crippen LogP contribution in [0.1, 0.15) is 12.6 Å². The number of nitrogen functional groups attached to an aromatic ring is 1. The molecule has 3 N–H and O–H groups in total. The van der Waals surface area contributed by atoms with Crippen LogP contribution in [0.2, 0.25) is 0 Å². The Morgan fingerprint density at radius 1 is 1.32 bits per heavy atom. The number of nitrogens with zero attached hydrogens (tertiary/aromatic N) is 5. The molecule has 0 bridgehead atoms. The van der Waals surface area contributed by atoms with Crippen LogP contribution in [-0.4, -0.2) is 56.5 Å². The Morgan fingerprint density at radius 3 is 2.97 bits per heavy atom. The minimum atomic E-state index is -0.246. The van der Waals surface area contributed by atoms with E-state index in [0.29, 0.717) is 12.4 Å². The molecular formula is C26H27N7O. The van der Waals surface area contributed by atoms with E-state index in [0.717, 1.165) is 57.4 Å². The number of carbonyl (C=O) groups is 1. The molecule has 1 aliphatic heterocycles. The third-order valence-electron chi connectivity index (χ3n) is 6.38. The van der Waals surface area contributed by atoms with Crippen LogP contribution in [0.5, 0.6) is 0 Å². The number of nitrogens with one attached hydrogen (secondary N) is 1. The second-order valence-electron chi connectivity index (χ2n) is 8.55. The lowest BCUT2D eigenvalue weighted by Crippen LogP contribution is -2.34. The highest BCUT2D eigenvalue weighted by Gasteiger charge is 2.34. The van der Waals surface area contributed by atoms with Gasteiger partial charge < -0.3 is 20.5 Å². The summed E-state index contributed by atoms with van der Waals surface area (Å²) < 4.78 is 2.07. The molecule has 0 radical (unpaired) electrons. The van der Waals surface area contributed by atoms with Crippen LogP contribution < -0.4 is 11.1 Å². The van der Waals surface area contributed by atoms with Gasteiger partial charge in [0.15, 0.2) is 0 Å². The molecule has 8 heteroatoms. The molecule has 1 atom stereocenters. The summed E-state index contributed by atoms with van der Waals surface area (Å²) in [7, 11) is 2.01. The largest absolute Gasteiger partial charge is 0.383 e. The smallest absolute Gasteiger partial charge is 0.244 e. The van der Waals surface area contributed by atoms with Crippen molar-refractivity contribution >= 4 is 39.2 Å². The van der Waals surface area contributed by atoms with E-state index in [9.17, 15) is 4.79 Å². The van der Waals surface area contributed by atoms with Gasteiger partial charge in [0.1, 0.15) is 17.8 Å². The van der Waals surface area contributed by atoms with E-state index in [2.05, 4.69) is 49.3 Å². The molecule has 1 aliphatic rings. The molecule has 8 nitrogen and oxygen atoms in total. The third kappa shape index (κ3) is 3.72. The molecule has 172 valence electrons. The van der Waals surface area contributed by atoms with Gasteiger partial charge in [0.05, 0.1) is 22.6 Å². The number of likely N-dealkylation sites (N-methyl/N-ethyl adjacent to an activating group) is 1. The third-order valence-corrected chi connectivity index (χ3v) is 6.38. The Kier molecular flexibility index (Phi) is 5.59. The Labute approximate surface area is 197 Å². The van der Waals surface area contributed by atoms with Crippen molar-refractivity contribution in [3.63, 3.8) is 0 Å². The first-order valence-corrected chi connectivity index (χ1v) is 11.3. The number of aromatic nitrogens is 4. The molecule has 3 aromatic heterocycles. The summed E-state index contributed by atoms with van der Waals surface area (Å²) in [6.07, 6.45) is 6.76. The van der Waals surface area contributed by atoms with Crippen molar-refractivity contribution in [1.82, 2.24) is 29.7 Å². The van der Waals surface area contributed by atoms with Crippen LogP contribution in [-0.2, 0) is 11.3 Å². The monoisotopic (exact) mass is 453 g/mol. The Balaban J connectivity index is 1.54. The average Bonchev–Trinajstić information content (AvgIpc) is 3.33. The Morgan fingerprint density at radius 2 is 2.15 bits per heavy atom. The second kappa shape index (κ2) is 8.72. The maximum absolute atomic E-state index is 12.6. The molecule has 0 spiro atoms. The molecule has 1 aromatic carbocycles. The van der Waals surface area contributed by atoms with Gasteiger partial charge in [-0.25, -0.2) is 9.97 Å². The molecule has 0 fully saturated rings. The Hall–Kier alpha value is -4.04. The zero-order chi connectivity index (χ0) is 23.8. The highest BCUT2D eigenvalue weighted by atomic mass is 16.1. The van der Waals surface area contributed by atoms with Crippen molar-refractivity contribution in [2.24, 2.45) is 0 Å². The molecule has 4 heterocycles. The van der Waals surface area contributed by atoms with Gasteiger partial charge in [-0.2, -0.15) is 0 Å². The van der Waals surface area contributed by atoms with E-state index in [4.69, 9.17) is 5.73 Å². The summed E-state index contributed by atoms with van der Waals surface area (Å²) in [4.78, 5) is 28.1. The topological polar surface area (TPSA) is 102 Å². The van der Waals surface area contributed by atoms with Crippen LogP contribution in [0.3, 0.4) is 0 Å². The van der Waals surface area contributed by atoms with Gasteiger partial charge in [-0.3, -0.25) is 9.78 Å². The minimum Gasteiger partial charge on any atom is -0.383 e. The van der Waals surface area contributed by atoms with Gasteiger partial charge in [0, 0.05) is 41.9 Å². The number of benzene rings is 1. The summed E-state index contributed by atoms with van der Waals surface area (Å²) in [5, 5.41) is 4.89. The predicted molar refractivity (Wildman–Crippen MR) is 136 cm³/mol. The van der Waals surface area contributed by atoms with Gasteiger partial charge in [-0.1, -0.05) is 37.8 Å². The van der Waals surface area contributed by atoms with Gasteiger partial charge in [0.25, 0.3) is 0 Å². The zero-order valence-corrected chi connectivity index (χ0v) is 19.3. The number of amides is 1. The van der Waals surface area contributed by atoms with E-state index < -0.39 is 0 Å². The maximum Gasteiger partial charge on any atom is 0.244 e. The first-order chi connectivity index (χ1) is 16.5. The molecule has 34 heavy (non-hydrogen) atoms. The summed E-state index contributed by atoms with van der Waals surface area (Å²) in [5.41, 5.74) is 11.5. The predicted octanol–water partition coefficient (Wildman–Crippen LogP) is 3.25. The number of para-hydroxylation sites is 1. The van der Waals surface area contributed by atoms with E-state index >= 15 is 0 Å². The summed E-state index contributed by atoms with van der Waals surface area (Å²) >= 11 is 0. The van der Waals surface area contributed by atoms with Gasteiger partial charge in [-0.15, -0.1) is 0 Å². The summed E-state index contributed by atoms with van der Waals surface area (Å²) in [6, 6.07) is 9.82. The highest BCUT2D eigenvalue weighted by Crippen LogP contribution is 2.44.